The van der Waals surface area contributed by atoms with E-state index in [2.05, 4.69) is 39.1 Å². The van der Waals surface area contributed by atoms with Crippen molar-refractivity contribution in [2.45, 2.75) is 24.4 Å². The standard InChI is InChI=1S/C42H39N5O6S2/c1-51-35-20-28(21-36(52-2)39(35)53-3)19-34(45-40(49)29-13-8-5-9-14-29)41(50)44-30-15-10-16-31(22-30)54-26-38(48)46-42-33(23-43)32-17-18-47(25-37(32)55-42)24-27-11-6-4-7-12-27/h4-16,19-22H,17-18,24-26H2,1-3H3,(H,44,50)(H,45,49)(H,46,48)/b34-19+. The number of thiophene rings is 1. The molecule has 280 valence electrons. The number of anilines is 2. The molecule has 6 rings (SSSR count). The van der Waals surface area contributed by atoms with Crippen LogP contribution in [0.4, 0.5) is 10.7 Å². The topological polar surface area (TPSA) is 142 Å². The maximum Gasteiger partial charge on any atom is 0.272 e. The molecule has 0 fully saturated rings. The van der Waals surface area contributed by atoms with E-state index >= 15 is 0 Å². The molecule has 0 bridgehead atoms. The number of benzene rings is 4. The van der Waals surface area contributed by atoms with Crippen molar-refractivity contribution in [3.05, 3.63) is 135 Å². The van der Waals surface area contributed by atoms with E-state index in [1.165, 1.54) is 56.1 Å². The Balaban J connectivity index is 1.13. The highest BCUT2D eigenvalue weighted by atomic mass is 32.2. The van der Waals surface area contributed by atoms with E-state index in [0.717, 1.165) is 41.4 Å². The number of nitriles is 1. The second-order valence-electron chi connectivity index (χ2n) is 12.4. The van der Waals surface area contributed by atoms with E-state index in [1.807, 2.05) is 24.3 Å². The highest BCUT2D eigenvalue weighted by Crippen LogP contribution is 2.39. The van der Waals surface area contributed by atoms with Crippen LogP contribution in [0, 0.1) is 11.3 Å². The summed E-state index contributed by atoms with van der Waals surface area (Å²) in [7, 11) is 4.47. The summed E-state index contributed by atoms with van der Waals surface area (Å²) >= 11 is 2.76. The Kier molecular flexibility index (Phi) is 12.9. The van der Waals surface area contributed by atoms with Crippen LogP contribution in [0.5, 0.6) is 17.2 Å². The summed E-state index contributed by atoms with van der Waals surface area (Å²) in [5.41, 5.74) is 4.10. The first-order chi connectivity index (χ1) is 26.8. The molecule has 2 heterocycles. The molecule has 1 aromatic heterocycles. The van der Waals surface area contributed by atoms with Gasteiger partial charge in [-0.15, -0.1) is 23.1 Å². The lowest BCUT2D eigenvalue weighted by Crippen LogP contribution is -2.30. The summed E-state index contributed by atoms with van der Waals surface area (Å²) in [5.74, 6) is -0.0608. The van der Waals surface area contributed by atoms with E-state index in [-0.39, 0.29) is 17.4 Å². The molecule has 1 aliphatic heterocycles. The van der Waals surface area contributed by atoms with Gasteiger partial charge in [0.1, 0.15) is 16.8 Å². The lowest BCUT2D eigenvalue weighted by atomic mass is 10.0. The first-order valence-electron chi connectivity index (χ1n) is 17.3. The summed E-state index contributed by atoms with van der Waals surface area (Å²) in [5, 5.41) is 19.1. The first kappa shape index (κ1) is 38.6. The fraction of sp³-hybridized carbons (Fsp3) is 0.190. The van der Waals surface area contributed by atoms with Crippen LogP contribution in [0.3, 0.4) is 0 Å². The smallest absolute Gasteiger partial charge is 0.272 e. The Morgan fingerprint density at radius 1 is 0.891 bits per heavy atom. The van der Waals surface area contributed by atoms with Gasteiger partial charge < -0.3 is 30.2 Å². The third kappa shape index (κ3) is 9.73. The maximum absolute atomic E-state index is 13.8. The number of methoxy groups -OCH3 is 3. The predicted octanol–water partition coefficient (Wildman–Crippen LogP) is 7.34. The average molecular weight is 774 g/mol. The summed E-state index contributed by atoms with van der Waals surface area (Å²) < 4.78 is 16.4. The zero-order chi connectivity index (χ0) is 38.7. The van der Waals surface area contributed by atoms with Crippen LogP contribution < -0.4 is 30.2 Å². The fourth-order valence-electron chi connectivity index (χ4n) is 6.11. The fourth-order valence-corrected chi connectivity index (χ4v) is 8.12. The number of nitrogens with zero attached hydrogens (tertiary/aromatic N) is 2. The van der Waals surface area contributed by atoms with Crippen molar-refractivity contribution in [2.75, 3.05) is 44.3 Å². The molecule has 4 aromatic carbocycles. The quantitative estimate of drug-likeness (QED) is 0.0781. The van der Waals surface area contributed by atoms with Crippen molar-refractivity contribution in [2.24, 2.45) is 0 Å². The lowest BCUT2D eigenvalue weighted by Gasteiger charge is -2.26. The number of carbonyl (C=O) groups excluding carboxylic acids is 3. The van der Waals surface area contributed by atoms with Gasteiger partial charge in [0.15, 0.2) is 11.5 Å². The number of amides is 3. The van der Waals surface area contributed by atoms with Crippen molar-refractivity contribution in [1.29, 1.82) is 5.26 Å². The Morgan fingerprint density at radius 3 is 2.27 bits per heavy atom. The molecule has 5 aromatic rings. The van der Waals surface area contributed by atoms with Gasteiger partial charge in [-0.1, -0.05) is 54.6 Å². The molecule has 0 atom stereocenters. The Hall–Kier alpha value is -6.07. The van der Waals surface area contributed by atoms with Gasteiger partial charge in [0, 0.05) is 40.7 Å². The highest BCUT2D eigenvalue weighted by Gasteiger charge is 2.25. The molecule has 3 N–H and O–H groups in total. The molecule has 0 aliphatic carbocycles. The number of hydrogen-bond acceptors (Lipinski definition) is 10. The summed E-state index contributed by atoms with van der Waals surface area (Å²) in [6.07, 6.45) is 2.27. The number of ether oxygens (including phenoxy) is 3. The number of carbonyl (C=O) groups is 3. The SMILES string of the molecule is COc1cc(/C=C(/NC(=O)c2ccccc2)C(=O)Nc2cccc(SCC(=O)Nc3sc4c(c3C#N)CCN(Cc3ccccc3)C4)c2)cc(OC)c1OC. The van der Waals surface area contributed by atoms with Crippen molar-refractivity contribution in [3.63, 3.8) is 0 Å². The van der Waals surface area contributed by atoms with Gasteiger partial charge in [-0.05, 0) is 71.7 Å². The van der Waals surface area contributed by atoms with Gasteiger partial charge in [0.2, 0.25) is 11.7 Å². The molecule has 0 saturated heterocycles. The second kappa shape index (κ2) is 18.3. The zero-order valence-electron chi connectivity index (χ0n) is 30.5. The van der Waals surface area contributed by atoms with E-state index in [9.17, 15) is 19.6 Å². The van der Waals surface area contributed by atoms with Crippen LogP contribution in [-0.2, 0) is 29.1 Å². The van der Waals surface area contributed by atoms with Crippen LogP contribution >= 0.6 is 23.1 Å². The third-order valence-corrected chi connectivity index (χ3v) is 10.9. The van der Waals surface area contributed by atoms with E-state index in [0.29, 0.717) is 44.6 Å². The van der Waals surface area contributed by atoms with Crippen molar-refractivity contribution < 1.29 is 28.6 Å². The molecule has 1 aliphatic rings. The van der Waals surface area contributed by atoms with Crippen LogP contribution in [-0.4, -0.2) is 56.2 Å². The summed E-state index contributed by atoms with van der Waals surface area (Å²) in [6, 6.07) is 31.6. The Morgan fingerprint density at radius 2 is 1.60 bits per heavy atom. The molecule has 0 spiro atoms. The van der Waals surface area contributed by atoms with Gasteiger partial charge in [-0.25, -0.2) is 0 Å². The first-order valence-corrected chi connectivity index (χ1v) is 19.1. The van der Waals surface area contributed by atoms with Gasteiger partial charge in [0.05, 0.1) is 32.6 Å². The van der Waals surface area contributed by atoms with Crippen LogP contribution in [0.1, 0.15) is 37.5 Å². The van der Waals surface area contributed by atoms with Crippen LogP contribution in [0.15, 0.2) is 108 Å². The van der Waals surface area contributed by atoms with Gasteiger partial charge in [-0.3, -0.25) is 19.3 Å². The Bertz CT molecular complexity index is 2230. The number of nitrogens with one attached hydrogen (secondary N) is 3. The van der Waals surface area contributed by atoms with E-state index in [1.54, 1.807) is 60.7 Å². The molecule has 11 nitrogen and oxygen atoms in total. The molecule has 0 saturated carbocycles. The normalized spacial score (nSPS) is 12.5. The Labute approximate surface area is 327 Å². The zero-order valence-corrected chi connectivity index (χ0v) is 32.1. The monoisotopic (exact) mass is 773 g/mol. The van der Waals surface area contributed by atoms with Gasteiger partial charge >= 0.3 is 0 Å². The average Bonchev–Trinajstić information content (AvgIpc) is 3.55. The van der Waals surface area contributed by atoms with Crippen LogP contribution in [0.2, 0.25) is 0 Å². The summed E-state index contributed by atoms with van der Waals surface area (Å²) in [4.78, 5) is 44.3. The highest BCUT2D eigenvalue weighted by molar-refractivity contribution is 8.00. The minimum absolute atomic E-state index is 0.0318. The molecular formula is C42H39N5O6S2. The minimum Gasteiger partial charge on any atom is -0.493 e. The number of thioether (sulfide) groups is 1. The molecule has 0 unspecified atom stereocenters. The largest absolute Gasteiger partial charge is 0.493 e. The number of hydrogen-bond donors (Lipinski definition) is 3. The third-order valence-electron chi connectivity index (χ3n) is 8.74. The number of fused-ring (bicyclic) bond motifs is 1. The molecule has 55 heavy (non-hydrogen) atoms. The molecule has 13 heteroatoms. The predicted molar refractivity (Wildman–Crippen MR) is 216 cm³/mol. The molecular weight excluding hydrogens is 735 g/mol. The minimum atomic E-state index is -0.578. The van der Waals surface area contributed by atoms with Crippen LogP contribution in [0.25, 0.3) is 6.08 Å². The lowest BCUT2D eigenvalue weighted by molar-refractivity contribution is -0.114. The van der Waals surface area contributed by atoms with Crippen molar-refractivity contribution in [1.82, 2.24) is 10.2 Å². The maximum atomic E-state index is 13.8. The van der Waals surface area contributed by atoms with E-state index in [4.69, 9.17) is 14.2 Å². The van der Waals surface area contributed by atoms with Crippen molar-refractivity contribution >= 4 is 57.6 Å². The molecule has 3 amide bonds. The van der Waals surface area contributed by atoms with Gasteiger partial charge in [0.25, 0.3) is 11.8 Å². The van der Waals surface area contributed by atoms with E-state index < -0.39 is 11.8 Å². The molecule has 0 radical (unpaired) electrons. The van der Waals surface area contributed by atoms with Gasteiger partial charge in [-0.2, -0.15) is 5.26 Å². The second-order valence-corrected chi connectivity index (χ2v) is 14.6. The number of rotatable bonds is 14. The summed E-state index contributed by atoms with van der Waals surface area (Å²) in [6.45, 7) is 2.39. The van der Waals surface area contributed by atoms with Crippen molar-refractivity contribution in [3.8, 4) is 23.3 Å².